The Kier molecular flexibility index (Phi) is 4.79. The van der Waals surface area contributed by atoms with E-state index in [1.807, 2.05) is 24.3 Å². The molecule has 1 aromatic heterocycles. The highest BCUT2D eigenvalue weighted by molar-refractivity contribution is 7.89. The van der Waals surface area contributed by atoms with Gasteiger partial charge in [-0.2, -0.15) is 9.29 Å². The standard InChI is InChI=1S/C21H20FN3O4S/c22-16-5-9-19(10-6-16)30(26,27)25-12-11-18(13-25)28-17-7-3-14(4-8-17)20-23-21(29-24-20)15-1-2-15/h3-10,15,18H,1-2,11-13H2. The smallest absolute Gasteiger partial charge is 0.243 e. The first-order chi connectivity index (χ1) is 14.5. The van der Waals surface area contributed by atoms with Crippen molar-refractivity contribution in [3.05, 3.63) is 60.2 Å². The Hall–Kier alpha value is -2.78. The molecular formula is C21H20FN3O4S. The summed E-state index contributed by atoms with van der Waals surface area (Å²) in [6, 6.07) is 12.2. The maximum atomic E-state index is 13.1. The summed E-state index contributed by atoms with van der Waals surface area (Å²) in [5.74, 6) is 1.84. The lowest BCUT2D eigenvalue weighted by atomic mass is 10.2. The summed E-state index contributed by atoms with van der Waals surface area (Å²) < 4.78 is 51.2. The SMILES string of the molecule is O=S(=O)(c1ccc(F)cc1)N1CCC(Oc2ccc(-c3noc(C4CC4)n3)cc2)C1. The van der Waals surface area contributed by atoms with Crippen LogP contribution >= 0.6 is 0 Å². The zero-order valence-corrected chi connectivity index (χ0v) is 16.9. The van der Waals surface area contributed by atoms with Crippen molar-refractivity contribution in [2.24, 2.45) is 0 Å². The maximum absolute atomic E-state index is 13.1. The number of hydrogen-bond acceptors (Lipinski definition) is 6. The predicted octanol–water partition coefficient (Wildman–Crippen LogP) is 3.60. The summed E-state index contributed by atoms with van der Waals surface area (Å²) in [5, 5.41) is 4.03. The summed E-state index contributed by atoms with van der Waals surface area (Å²) in [6.45, 7) is 0.603. The van der Waals surface area contributed by atoms with Gasteiger partial charge in [-0.05, 0) is 67.8 Å². The molecule has 1 unspecified atom stereocenters. The molecule has 0 radical (unpaired) electrons. The molecule has 1 aliphatic heterocycles. The molecule has 2 aromatic carbocycles. The van der Waals surface area contributed by atoms with Gasteiger partial charge in [-0.3, -0.25) is 0 Å². The number of sulfonamides is 1. The lowest BCUT2D eigenvalue weighted by Crippen LogP contribution is -2.31. The molecule has 0 bridgehead atoms. The third-order valence-electron chi connectivity index (χ3n) is 5.34. The lowest BCUT2D eigenvalue weighted by molar-refractivity contribution is 0.215. The number of nitrogens with zero attached hydrogens (tertiary/aromatic N) is 3. The molecule has 1 atom stereocenters. The van der Waals surface area contributed by atoms with Gasteiger partial charge in [-0.15, -0.1) is 0 Å². The van der Waals surface area contributed by atoms with Crippen molar-refractivity contribution >= 4 is 10.0 Å². The third-order valence-corrected chi connectivity index (χ3v) is 7.22. The first-order valence-electron chi connectivity index (χ1n) is 9.85. The molecule has 0 spiro atoms. The lowest BCUT2D eigenvalue weighted by Gasteiger charge is -2.17. The fourth-order valence-electron chi connectivity index (χ4n) is 3.49. The number of aromatic nitrogens is 2. The van der Waals surface area contributed by atoms with E-state index < -0.39 is 15.8 Å². The van der Waals surface area contributed by atoms with Crippen molar-refractivity contribution in [3.63, 3.8) is 0 Å². The molecule has 1 aliphatic carbocycles. The number of ether oxygens (including phenoxy) is 1. The largest absolute Gasteiger partial charge is 0.489 e. The summed E-state index contributed by atoms with van der Waals surface area (Å²) in [5.41, 5.74) is 0.838. The van der Waals surface area contributed by atoms with Crippen molar-refractivity contribution < 1.29 is 22.1 Å². The molecule has 3 aromatic rings. The van der Waals surface area contributed by atoms with Crippen LogP contribution in [0.4, 0.5) is 4.39 Å². The van der Waals surface area contributed by atoms with Gasteiger partial charge in [0.25, 0.3) is 0 Å². The van der Waals surface area contributed by atoms with E-state index in [-0.39, 0.29) is 17.5 Å². The van der Waals surface area contributed by atoms with E-state index >= 15 is 0 Å². The van der Waals surface area contributed by atoms with Gasteiger partial charge < -0.3 is 9.26 Å². The summed E-state index contributed by atoms with van der Waals surface area (Å²) in [4.78, 5) is 4.51. The van der Waals surface area contributed by atoms with Crippen LogP contribution < -0.4 is 4.74 Å². The van der Waals surface area contributed by atoms with Gasteiger partial charge >= 0.3 is 0 Å². The first kappa shape index (κ1) is 19.2. The Balaban J connectivity index is 1.22. The van der Waals surface area contributed by atoms with Gasteiger partial charge in [0.15, 0.2) is 0 Å². The average molecular weight is 429 g/mol. The van der Waals surface area contributed by atoms with Crippen LogP contribution in [0.3, 0.4) is 0 Å². The summed E-state index contributed by atoms with van der Waals surface area (Å²) >= 11 is 0. The fourth-order valence-corrected chi connectivity index (χ4v) is 4.98. The van der Waals surface area contributed by atoms with Gasteiger partial charge in [0.2, 0.25) is 21.7 Å². The van der Waals surface area contributed by atoms with Crippen LogP contribution in [0.1, 0.15) is 31.1 Å². The van der Waals surface area contributed by atoms with Crippen LogP contribution in [0.2, 0.25) is 0 Å². The molecule has 30 heavy (non-hydrogen) atoms. The molecule has 7 nitrogen and oxygen atoms in total. The van der Waals surface area contributed by atoms with Gasteiger partial charge in [0.05, 0.1) is 11.4 Å². The molecule has 0 N–H and O–H groups in total. The quantitative estimate of drug-likeness (QED) is 0.595. The van der Waals surface area contributed by atoms with Crippen molar-refractivity contribution in [2.45, 2.75) is 36.2 Å². The molecule has 2 fully saturated rings. The Labute approximate surface area is 173 Å². The number of rotatable bonds is 6. The third kappa shape index (κ3) is 3.82. The summed E-state index contributed by atoms with van der Waals surface area (Å²) in [7, 11) is -3.66. The maximum Gasteiger partial charge on any atom is 0.243 e. The molecule has 1 saturated heterocycles. The Bertz CT molecular complexity index is 1140. The van der Waals surface area contributed by atoms with Gasteiger partial charge in [-0.1, -0.05) is 5.16 Å². The van der Waals surface area contributed by atoms with Crippen LogP contribution in [0.15, 0.2) is 57.9 Å². The highest BCUT2D eigenvalue weighted by atomic mass is 32.2. The van der Waals surface area contributed by atoms with Gasteiger partial charge in [0, 0.05) is 18.0 Å². The highest BCUT2D eigenvalue weighted by Gasteiger charge is 2.34. The fraction of sp³-hybridized carbons (Fsp3) is 0.333. The monoisotopic (exact) mass is 429 g/mol. The zero-order valence-electron chi connectivity index (χ0n) is 16.1. The molecular weight excluding hydrogens is 409 g/mol. The second kappa shape index (κ2) is 7.48. The van der Waals surface area contributed by atoms with Crippen molar-refractivity contribution in [1.82, 2.24) is 14.4 Å². The van der Waals surface area contributed by atoms with E-state index in [0.29, 0.717) is 36.3 Å². The minimum atomic E-state index is -3.66. The molecule has 5 rings (SSSR count). The molecule has 156 valence electrons. The van der Waals surface area contributed by atoms with E-state index in [1.165, 1.54) is 16.4 Å². The van der Waals surface area contributed by atoms with Crippen LogP contribution in [0.25, 0.3) is 11.4 Å². The topological polar surface area (TPSA) is 85.5 Å². The average Bonchev–Trinajstić information content (AvgIpc) is 3.28. The van der Waals surface area contributed by atoms with Crippen molar-refractivity contribution in [2.75, 3.05) is 13.1 Å². The Morgan fingerprint density at radius 3 is 2.47 bits per heavy atom. The van der Waals surface area contributed by atoms with Gasteiger partial charge in [-0.25, -0.2) is 12.8 Å². The number of benzene rings is 2. The van der Waals surface area contributed by atoms with Crippen molar-refractivity contribution in [3.8, 4) is 17.1 Å². The predicted molar refractivity (Wildman–Crippen MR) is 106 cm³/mol. The summed E-state index contributed by atoms with van der Waals surface area (Å²) in [6.07, 6.45) is 2.53. The molecule has 0 amide bonds. The van der Waals surface area contributed by atoms with E-state index in [0.717, 1.165) is 30.5 Å². The van der Waals surface area contributed by atoms with Crippen LogP contribution in [0.5, 0.6) is 5.75 Å². The minimum absolute atomic E-state index is 0.0829. The van der Waals surface area contributed by atoms with E-state index in [1.54, 1.807) is 0 Å². The van der Waals surface area contributed by atoms with E-state index in [2.05, 4.69) is 10.1 Å². The second-order valence-corrected chi connectivity index (χ2v) is 9.54. The second-order valence-electron chi connectivity index (χ2n) is 7.60. The number of halogens is 1. The first-order valence-corrected chi connectivity index (χ1v) is 11.3. The highest BCUT2D eigenvalue weighted by Crippen LogP contribution is 2.39. The molecule has 1 saturated carbocycles. The number of hydrogen-bond donors (Lipinski definition) is 0. The Morgan fingerprint density at radius 1 is 1.03 bits per heavy atom. The molecule has 9 heteroatoms. The Morgan fingerprint density at radius 2 is 1.77 bits per heavy atom. The van der Waals surface area contributed by atoms with Crippen LogP contribution in [-0.2, 0) is 10.0 Å². The van der Waals surface area contributed by atoms with E-state index in [4.69, 9.17) is 9.26 Å². The minimum Gasteiger partial charge on any atom is -0.489 e. The van der Waals surface area contributed by atoms with Crippen LogP contribution in [-0.4, -0.2) is 42.1 Å². The van der Waals surface area contributed by atoms with Gasteiger partial charge in [0.1, 0.15) is 17.7 Å². The molecule has 2 aliphatic rings. The van der Waals surface area contributed by atoms with E-state index in [9.17, 15) is 12.8 Å². The normalized spacial score (nSPS) is 19.8. The van der Waals surface area contributed by atoms with Crippen molar-refractivity contribution in [1.29, 1.82) is 0 Å². The zero-order chi connectivity index (χ0) is 20.7. The molecule has 2 heterocycles. The van der Waals surface area contributed by atoms with Crippen LogP contribution in [0, 0.1) is 5.82 Å².